The minimum atomic E-state index is -1.31. The van der Waals surface area contributed by atoms with Gasteiger partial charge in [0.1, 0.15) is 29.0 Å². The Bertz CT molecular complexity index is 667. The van der Waals surface area contributed by atoms with Crippen LogP contribution in [-0.2, 0) is 6.54 Å². The molecular weight excluding hydrogens is 268 g/mol. The summed E-state index contributed by atoms with van der Waals surface area (Å²) in [6, 6.07) is 2.63. The van der Waals surface area contributed by atoms with E-state index < -0.39 is 10.9 Å². The van der Waals surface area contributed by atoms with Crippen LogP contribution < -0.4 is 5.32 Å². The highest BCUT2D eigenvalue weighted by Gasteiger charge is 2.17. The average Bonchev–Trinajstić information content (AvgIpc) is 2.81. The van der Waals surface area contributed by atoms with E-state index in [1.54, 1.807) is 13.0 Å². The maximum atomic E-state index is 11.1. The van der Waals surface area contributed by atoms with Gasteiger partial charge in [0.15, 0.2) is 0 Å². The summed E-state index contributed by atoms with van der Waals surface area (Å²) in [5.41, 5.74) is -0.0939. The zero-order valence-electron chi connectivity index (χ0n) is 10.4. The Morgan fingerprint density at radius 1 is 1.55 bits per heavy atom. The molecule has 0 aliphatic rings. The monoisotopic (exact) mass is 278 g/mol. The summed E-state index contributed by atoms with van der Waals surface area (Å²) in [5.74, 6) is -0.652. The Kier molecular flexibility index (Phi) is 3.60. The maximum absolute atomic E-state index is 11.1. The van der Waals surface area contributed by atoms with Crippen molar-refractivity contribution in [2.24, 2.45) is 0 Å². The lowest BCUT2D eigenvalue weighted by Crippen LogP contribution is -2.09. The van der Waals surface area contributed by atoms with Crippen molar-refractivity contribution in [2.75, 3.05) is 5.32 Å². The van der Waals surface area contributed by atoms with Crippen LogP contribution in [-0.4, -0.2) is 26.1 Å². The molecule has 104 valence electrons. The summed E-state index contributed by atoms with van der Waals surface area (Å²) in [4.78, 5) is 24.7. The first-order valence-electron chi connectivity index (χ1n) is 5.51. The van der Waals surface area contributed by atoms with Crippen molar-refractivity contribution in [1.82, 2.24) is 10.1 Å². The van der Waals surface area contributed by atoms with Crippen molar-refractivity contribution in [1.29, 1.82) is 0 Å². The van der Waals surface area contributed by atoms with Gasteiger partial charge in [-0.3, -0.25) is 10.1 Å². The van der Waals surface area contributed by atoms with E-state index in [9.17, 15) is 14.9 Å². The molecule has 0 amide bonds. The number of aryl methyl sites for hydroxylation is 1. The number of carbonyl (C=O) groups is 1. The Hall–Kier alpha value is -2.97. The number of carboxylic acids is 1. The summed E-state index contributed by atoms with van der Waals surface area (Å²) in [7, 11) is 0. The molecule has 0 fully saturated rings. The predicted octanol–water partition coefficient (Wildman–Crippen LogP) is 1.60. The molecule has 20 heavy (non-hydrogen) atoms. The number of pyridine rings is 1. The first-order valence-corrected chi connectivity index (χ1v) is 5.51. The maximum Gasteiger partial charge on any atom is 0.339 e. The zero-order chi connectivity index (χ0) is 14.7. The number of aromatic carboxylic acids is 1. The standard InChI is InChI=1S/C11H10N4O5/c1-6-2-7(14-20-6)4-12-10-9(11(16)17)3-8(5-13-10)15(18)19/h2-3,5H,4H2,1H3,(H,12,13)(H,16,17). The minimum Gasteiger partial charge on any atom is -0.478 e. The van der Waals surface area contributed by atoms with Crippen LogP contribution in [0.5, 0.6) is 0 Å². The molecule has 0 atom stereocenters. The molecule has 2 N–H and O–H groups in total. The third kappa shape index (κ3) is 2.88. The number of nitro groups is 1. The van der Waals surface area contributed by atoms with E-state index in [1.807, 2.05) is 0 Å². The number of carboxylic acid groups (broad SMARTS) is 1. The van der Waals surface area contributed by atoms with E-state index >= 15 is 0 Å². The number of nitrogens with zero attached hydrogens (tertiary/aromatic N) is 3. The van der Waals surface area contributed by atoms with Gasteiger partial charge in [-0.05, 0) is 6.92 Å². The highest BCUT2D eigenvalue weighted by atomic mass is 16.6. The van der Waals surface area contributed by atoms with Crippen molar-refractivity contribution < 1.29 is 19.3 Å². The molecule has 0 saturated heterocycles. The second-order valence-electron chi connectivity index (χ2n) is 3.93. The van der Waals surface area contributed by atoms with Crippen molar-refractivity contribution in [2.45, 2.75) is 13.5 Å². The third-order valence-electron chi connectivity index (χ3n) is 2.43. The van der Waals surface area contributed by atoms with Gasteiger partial charge in [0.2, 0.25) is 0 Å². The van der Waals surface area contributed by atoms with Gasteiger partial charge in [-0.1, -0.05) is 5.16 Å². The van der Waals surface area contributed by atoms with Gasteiger partial charge in [0, 0.05) is 12.1 Å². The predicted molar refractivity (Wildman–Crippen MR) is 66.4 cm³/mol. The van der Waals surface area contributed by atoms with E-state index in [2.05, 4.69) is 15.5 Å². The second kappa shape index (κ2) is 5.34. The fourth-order valence-electron chi connectivity index (χ4n) is 1.53. The van der Waals surface area contributed by atoms with E-state index in [0.29, 0.717) is 11.5 Å². The van der Waals surface area contributed by atoms with E-state index in [0.717, 1.165) is 12.3 Å². The van der Waals surface area contributed by atoms with E-state index in [1.165, 1.54) is 0 Å². The summed E-state index contributed by atoms with van der Waals surface area (Å²) in [5, 5.41) is 26.1. The Balaban J connectivity index is 2.22. The van der Waals surface area contributed by atoms with Gasteiger partial charge < -0.3 is 14.9 Å². The van der Waals surface area contributed by atoms with Gasteiger partial charge in [-0.25, -0.2) is 9.78 Å². The van der Waals surface area contributed by atoms with Gasteiger partial charge in [-0.15, -0.1) is 0 Å². The molecule has 9 nitrogen and oxygen atoms in total. The smallest absolute Gasteiger partial charge is 0.339 e. The molecule has 0 saturated carbocycles. The topological polar surface area (TPSA) is 131 Å². The summed E-state index contributed by atoms with van der Waals surface area (Å²) in [6.07, 6.45) is 0.989. The molecule has 0 bridgehead atoms. The molecule has 0 aliphatic heterocycles. The number of anilines is 1. The van der Waals surface area contributed by atoms with Crippen LogP contribution in [0.15, 0.2) is 22.9 Å². The molecule has 0 unspecified atom stereocenters. The van der Waals surface area contributed by atoms with Crippen molar-refractivity contribution >= 4 is 17.5 Å². The highest BCUT2D eigenvalue weighted by Crippen LogP contribution is 2.19. The summed E-state index contributed by atoms with van der Waals surface area (Å²) >= 11 is 0. The Morgan fingerprint density at radius 3 is 2.85 bits per heavy atom. The van der Waals surface area contributed by atoms with Crippen molar-refractivity contribution in [3.05, 3.63) is 45.5 Å². The Labute approximate surface area is 112 Å². The first kappa shape index (κ1) is 13.5. The molecule has 9 heteroatoms. The minimum absolute atomic E-state index is 0.0313. The lowest BCUT2D eigenvalue weighted by atomic mass is 10.2. The van der Waals surface area contributed by atoms with Crippen LogP contribution in [0.1, 0.15) is 21.8 Å². The number of hydrogen-bond acceptors (Lipinski definition) is 7. The largest absolute Gasteiger partial charge is 0.478 e. The van der Waals surface area contributed by atoms with Crippen molar-refractivity contribution in [3.63, 3.8) is 0 Å². The molecule has 0 aromatic carbocycles. The summed E-state index contributed by atoms with van der Waals surface area (Å²) < 4.78 is 4.87. The zero-order valence-corrected chi connectivity index (χ0v) is 10.4. The quantitative estimate of drug-likeness (QED) is 0.622. The van der Waals surface area contributed by atoms with E-state index in [4.69, 9.17) is 9.63 Å². The van der Waals surface area contributed by atoms with Crippen LogP contribution in [0.4, 0.5) is 11.5 Å². The van der Waals surface area contributed by atoms with Crippen LogP contribution in [0, 0.1) is 17.0 Å². The number of hydrogen-bond donors (Lipinski definition) is 2. The molecular formula is C11H10N4O5. The van der Waals surface area contributed by atoms with Gasteiger partial charge in [-0.2, -0.15) is 0 Å². The molecule has 2 aromatic rings. The van der Waals surface area contributed by atoms with Gasteiger partial charge >= 0.3 is 5.97 Å². The number of rotatable bonds is 5. The van der Waals surface area contributed by atoms with Crippen LogP contribution in [0.25, 0.3) is 0 Å². The van der Waals surface area contributed by atoms with Crippen LogP contribution in [0.3, 0.4) is 0 Å². The van der Waals surface area contributed by atoms with E-state index in [-0.39, 0.29) is 23.6 Å². The van der Waals surface area contributed by atoms with Gasteiger partial charge in [0.25, 0.3) is 5.69 Å². The molecule has 2 rings (SSSR count). The van der Waals surface area contributed by atoms with Crippen LogP contribution in [0.2, 0.25) is 0 Å². The first-order chi connectivity index (χ1) is 9.47. The fourth-order valence-corrected chi connectivity index (χ4v) is 1.53. The molecule has 0 radical (unpaired) electrons. The second-order valence-corrected chi connectivity index (χ2v) is 3.93. The lowest BCUT2D eigenvalue weighted by Gasteiger charge is -2.06. The van der Waals surface area contributed by atoms with Crippen molar-refractivity contribution in [3.8, 4) is 0 Å². The van der Waals surface area contributed by atoms with Gasteiger partial charge in [0.05, 0.1) is 11.5 Å². The molecule has 0 aliphatic carbocycles. The fraction of sp³-hybridized carbons (Fsp3) is 0.182. The number of nitrogens with one attached hydrogen (secondary N) is 1. The normalized spacial score (nSPS) is 10.2. The third-order valence-corrected chi connectivity index (χ3v) is 2.43. The SMILES string of the molecule is Cc1cc(CNc2ncc([N+](=O)[O-])cc2C(=O)O)no1. The number of aromatic nitrogens is 2. The van der Waals surface area contributed by atoms with Crippen LogP contribution >= 0.6 is 0 Å². The lowest BCUT2D eigenvalue weighted by molar-refractivity contribution is -0.385. The average molecular weight is 278 g/mol. The molecule has 2 heterocycles. The molecule has 2 aromatic heterocycles. The Morgan fingerprint density at radius 2 is 2.30 bits per heavy atom. The highest BCUT2D eigenvalue weighted by molar-refractivity contribution is 5.93. The molecule has 0 spiro atoms. The summed E-state index contributed by atoms with van der Waals surface area (Å²) in [6.45, 7) is 1.92.